The number of nitrogens with two attached hydrogens (primary N) is 1. The number of hydrogen-bond acceptors (Lipinski definition) is 2. The molecule has 0 saturated heterocycles. The van der Waals surface area contributed by atoms with Crippen LogP contribution in [-0.4, -0.2) is 30.1 Å². The van der Waals surface area contributed by atoms with Gasteiger partial charge in [-0.3, -0.25) is 0 Å². The molecule has 0 aromatic rings. The van der Waals surface area contributed by atoms with Gasteiger partial charge in [0.2, 0.25) is 0 Å². The molecule has 0 spiro atoms. The highest BCUT2D eigenvalue weighted by molar-refractivity contribution is 4.94. The fraction of sp³-hybridized carbons (Fsp3) is 1.00. The normalized spacial score (nSPS) is 33.4. The molecular weight excluding hydrogens is 208 g/mol. The van der Waals surface area contributed by atoms with Crippen molar-refractivity contribution in [2.45, 2.75) is 66.5 Å². The van der Waals surface area contributed by atoms with E-state index in [2.05, 4.69) is 46.4 Å². The summed E-state index contributed by atoms with van der Waals surface area (Å²) >= 11 is 0. The molecule has 0 aromatic heterocycles. The standard InChI is InChI=1S/C15H32N2/c1-7-17(11(2)3)10-13-8-9-14(16)12(4)15(13,5)6/h11-14H,7-10,16H2,1-6H3. The lowest BCUT2D eigenvalue weighted by Crippen LogP contribution is -2.50. The van der Waals surface area contributed by atoms with Crippen LogP contribution in [0.25, 0.3) is 0 Å². The third-order valence-corrected chi connectivity index (χ3v) is 5.31. The minimum Gasteiger partial charge on any atom is -0.327 e. The smallest absolute Gasteiger partial charge is 0.00698 e. The Kier molecular flexibility index (Phi) is 5.03. The Bertz CT molecular complexity index is 235. The fourth-order valence-electron chi connectivity index (χ4n) is 3.25. The molecule has 3 atom stereocenters. The van der Waals surface area contributed by atoms with Crippen LogP contribution in [0.1, 0.15) is 54.4 Å². The average Bonchev–Trinajstić information content (AvgIpc) is 2.25. The molecule has 0 amide bonds. The van der Waals surface area contributed by atoms with Crippen molar-refractivity contribution in [2.24, 2.45) is 23.0 Å². The molecular formula is C15H32N2. The molecule has 3 unspecified atom stereocenters. The summed E-state index contributed by atoms with van der Waals surface area (Å²) in [6.45, 7) is 16.4. The fourth-order valence-corrected chi connectivity index (χ4v) is 3.25. The van der Waals surface area contributed by atoms with Gasteiger partial charge in [0, 0.05) is 18.6 Å². The van der Waals surface area contributed by atoms with Crippen LogP contribution >= 0.6 is 0 Å². The molecule has 1 saturated carbocycles. The molecule has 2 nitrogen and oxygen atoms in total. The van der Waals surface area contributed by atoms with Gasteiger partial charge < -0.3 is 10.6 Å². The van der Waals surface area contributed by atoms with Crippen LogP contribution in [0.15, 0.2) is 0 Å². The van der Waals surface area contributed by atoms with E-state index in [4.69, 9.17) is 5.73 Å². The first-order chi connectivity index (χ1) is 7.80. The lowest BCUT2D eigenvalue weighted by atomic mass is 9.61. The molecule has 17 heavy (non-hydrogen) atoms. The number of hydrogen-bond donors (Lipinski definition) is 1. The summed E-state index contributed by atoms with van der Waals surface area (Å²) in [6, 6.07) is 1.05. The molecule has 1 fully saturated rings. The minimum absolute atomic E-state index is 0.375. The highest BCUT2D eigenvalue weighted by Crippen LogP contribution is 2.44. The van der Waals surface area contributed by atoms with Crippen molar-refractivity contribution in [3.05, 3.63) is 0 Å². The van der Waals surface area contributed by atoms with Gasteiger partial charge in [-0.1, -0.05) is 27.7 Å². The maximum absolute atomic E-state index is 6.23. The summed E-state index contributed by atoms with van der Waals surface area (Å²) in [5.41, 5.74) is 6.60. The summed E-state index contributed by atoms with van der Waals surface area (Å²) in [7, 11) is 0. The van der Waals surface area contributed by atoms with Crippen molar-refractivity contribution >= 4 is 0 Å². The Hall–Kier alpha value is -0.0800. The molecule has 0 aromatic carbocycles. The minimum atomic E-state index is 0.375. The van der Waals surface area contributed by atoms with Gasteiger partial charge in [-0.15, -0.1) is 0 Å². The van der Waals surface area contributed by atoms with Crippen LogP contribution in [0.3, 0.4) is 0 Å². The lowest BCUT2D eigenvalue weighted by molar-refractivity contribution is 0.0232. The third-order valence-electron chi connectivity index (χ3n) is 5.31. The number of rotatable bonds is 4. The van der Waals surface area contributed by atoms with Crippen molar-refractivity contribution < 1.29 is 0 Å². The van der Waals surface area contributed by atoms with Crippen molar-refractivity contribution in [1.29, 1.82) is 0 Å². The van der Waals surface area contributed by atoms with Crippen LogP contribution in [0.2, 0.25) is 0 Å². The van der Waals surface area contributed by atoms with Crippen LogP contribution in [0.5, 0.6) is 0 Å². The first kappa shape index (κ1) is 15.0. The van der Waals surface area contributed by atoms with E-state index in [1.807, 2.05) is 0 Å². The lowest BCUT2D eigenvalue weighted by Gasteiger charge is -2.48. The van der Waals surface area contributed by atoms with Gasteiger partial charge in [-0.2, -0.15) is 0 Å². The molecule has 0 bridgehead atoms. The first-order valence-corrected chi connectivity index (χ1v) is 7.30. The van der Waals surface area contributed by atoms with Crippen LogP contribution in [-0.2, 0) is 0 Å². The molecule has 0 aliphatic heterocycles. The Labute approximate surface area is 108 Å². The molecule has 0 radical (unpaired) electrons. The summed E-state index contributed by atoms with van der Waals surface area (Å²) in [4.78, 5) is 2.59. The first-order valence-electron chi connectivity index (χ1n) is 7.30. The van der Waals surface area contributed by atoms with Gasteiger partial charge >= 0.3 is 0 Å². The van der Waals surface area contributed by atoms with Gasteiger partial charge in [0.1, 0.15) is 0 Å². The predicted octanol–water partition coefficient (Wildman–Crippen LogP) is 3.12. The monoisotopic (exact) mass is 240 g/mol. The van der Waals surface area contributed by atoms with E-state index < -0.39 is 0 Å². The Balaban J connectivity index is 2.70. The van der Waals surface area contributed by atoms with Gasteiger partial charge in [-0.05, 0) is 50.5 Å². The third kappa shape index (κ3) is 3.23. The van der Waals surface area contributed by atoms with E-state index >= 15 is 0 Å². The zero-order chi connectivity index (χ0) is 13.2. The van der Waals surface area contributed by atoms with E-state index in [9.17, 15) is 0 Å². The predicted molar refractivity (Wildman–Crippen MR) is 76.0 cm³/mol. The topological polar surface area (TPSA) is 29.3 Å². The molecule has 1 aliphatic carbocycles. The average molecular weight is 240 g/mol. The SMILES string of the molecule is CCN(CC1CCC(N)C(C)C1(C)C)C(C)C. The largest absolute Gasteiger partial charge is 0.327 e. The van der Waals surface area contributed by atoms with Crippen LogP contribution in [0, 0.1) is 17.3 Å². The van der Waals surface area contributed by atoms with E-state index in [-0.39, 0.29) is 0 Å². The summed E-state index contributed by atoms with van der Waals surface area (Å²) in [6.07, 6.45) is 2.49. The Morgan fingerprint density at radius 1 is 1.29 bits per heavy atom. The molecule has 102 valence electrons. The second-order valence-corrected chi connectivity index (χ2v) is 6.73. The quantitative estimate of drug-likeness (QED) is 0.818. The van der Waals surface area contributed by atoms with Crippen molar-refractivity contribution in [2.75, 3.05) is 13.1 Å². The Morgan fingerprint density at radius 2 is 1.88 bits per heavy atom. The highest BCUT2D eigenvalue weighted by Gasteiger charge is 2.41. The zero-order valence-electron chi connectivity index (χ0n) is 12.7. The second-order valence-electron chi connectivity index (χ2n) is 6.73. The van der Waals surface area contributed by atoms with Crippen molar-refractivity contribution in [1.82, 2.24) is 4.90 Å². The molecule has 2 N–H and O–H groups in total. The molecule has 1 rings (SSSR count). The van der Waals surface area contributed by atoms with Crippen LogP contribution in [0.4, 0.5) is 0 Å². The van der Waals surface area contributed by atoms with E-state index in [0.717, 1.165) is 12.5 Å². The van der Waals surface area contributed by atoms with Gasteiger partial charge in [0.15, 0.2) is 0 Å². The maximum atomic E-state index is 6.23. The molecule has 1 aliphatic rings. The van der Waals surface area contributed by atoms with Crippen molar-refractivity contribution in [3.8, 4) is 0 Å². The zero-order valence-corrected chi connectivity index (χ0v) is 12.7. The van der Waals surface area contributed by atoms with E-state index in [0.29, 0.717) is 23.4 Å². The van der Waals surface area contributed by atoms with Crippen LogP contribution < -0.4 is 5.73 Å². The number of nitrogens with zero attached hydrogens (tertiary/aromatic N) is 1. The molecule has 2 heteroatoms. The highest BCUT2D eigenvalue weighted by atomic mass is 15.1. The second kappa shape index (κ2) is 5.71. The van der Waals surface area contributed by atoms with Gasteiger partial charge in [0.25, 0.3) is 0 Å². The maximum Gasteiger partial charge on any atom is 0.00698 e. The van der Waals surface area contributed by atoms with Gasteiger partial charge in [0.05, 0.1) is 0 Å². The summed E-state index contributed by atoms with van der Waals surface area (Å²) < 4.78 is 0. The molecule has 0 heterocycles. The summed E-state index contributed by atoms with van der Waals surface area (Å²) in [5, 5.41) is 0. The summed E-state index contributed by atoms with van der Waals surface area (Å²) in [5.74, 6) is 1.42. The van der Waals surface area contributed by atoms with Gasteiger partial charge in [-0.25, -0.2) is 0 Å². The van der Waals surface area contributed by atoms with E-state index in [1.54, 1.807) is 0 Å². The van der Waals surface area contributed by atoms with E-state index in [1.165, 1.54) is 19.4 Å². The Morgan fingerprint density at radius 3 is 2.35 bits per heavy atom. The van der Waals surface area contributed by atoms with Crippen molar-refractivity contribution in [3.63, 3.8) is 0 Å².